The molecule has 0 atom stereocenters. The van der Waals surface area contributed by atoms with E-state index in [0.29, 0.717) is 11.7 Å². The van der Waals surface area contributed by atoms with E-state index in [9.17, 15) is 14.9 Å². The van der Waals surface area contributed by atoms with E-state index in [4.69, 9.17) is 0 Å². The molecular weight excluding hydrogens is 386 g/mol. The van der Waals surface area contributed by atoms with Crippen molar-refractivity contribution >= 4 is 40.4 Å². The lowest BCUT2D eigenvalue weighted by atomic mass is 10.3. The fourth-order valence-electron chi connectivity index (χ4n) is 2.64. The number of carbonyl (C=O) groups is 1. The van der Waals surface area contributed by atoms with Gasteiger partial charge in [-0.05, 0) is 30.4 Å². The maximum atomic E-state index is 12.2. The highest BCUT2D eigenvalue weighted by molar-refractivity contribution is 7.99. The molecular formula is C17H15N5O3S2. The van der Waals surface area contributed by atoms with E-state index >= 15 is 0 Å². The molecule has 1 N–H and O–H groups in total. The Morgan fingerprint density at radius 3 is 2.89 bits per heavy atom. The van der Waals surface area contributed by atoms with Gasteiger partial charge in [0.05, 0.1) is 15.6 Å². The van der Waals surface area contributed by atoms with Gasteiger partial charge in [-0.25, -0.2) is 0 Å². The van der Waals surface area contributed by atoms with Gasteiger partial charge in [0.2, 0.25) is 5.91 Å². The lowest BCUT2D eigenvalue weighted by Crippen LogP contribution is -2.14. The normalized spacial score (nSPS) is 13.5. The minimum atomic E-state index is -0.491. The van der Waals surface area contributed by atoms with Crippen LogP contribution < -0.4 is 5.32 Å². The topological polar surface area (TPSA) is 103 Å². The predicted molar refractivity (Wildman–Crippen MR) is 104 cm³/mol. The van der Waals surface area contributed by atoms with Crippen LogP contribution in [0.5, 0.6) is 0 Å². The number of benzene rings is 1. The Labute approximate surface area is 162 Å². The molecule has 138 valence electrons. The molecule has 1 saturated carbocycles. The van der Waals surface area contributed by atoms with Crippen molar-refractivity contribution in [2.24, 2.45) is 0 Å². The zero-order chi connectivity index (χ0) is 18.8. The summed E-state index contributed by atoms with van der Waals surface area (Å²) in [4.78, 5) is 23.6. The molecule has 0 saturated heterocycles. The number of thioether (sulfide) groups is 1. The standard InChI is InChI=1S/C17H15N5O3S2/c23-15(18-11-3-1-4-13(9-11)22(24)25)10-27-17-20-19-16(14-5-2-8-26-14)21(17)12-6-7-12/h1-5,8-9,12H,6-7,10H2,(H,18,23). The van der Waals surface area contributed by atoms with Crippen LogP contribution in [0.15, 0.2) is 46.9 Å². The van der Waals surface area contributed by atoms with Gasteiger partial charge in [-0.15, -0.1) is 21.5 Å². The number of nitrogens with zero attached hydrogens (tertiary/aromatic N) is 4. The van der Waals surface area contributed by atoms with Crippen LogP contribution in [0, 0.1) is 10.1 Å². The summed E-state index contributed by atoms with van der Waals surface area (Å²) in [6.07, 6.45) is 2.17. The maximum absolute atomic E-state index is 12.2. The summed E-state index contributed by atoms with van der Waals surface area (Å²) in [7, 11) is 0. The number of thiophene rings is 1. The first kappa shape index (κ1) is 17.7. The smallest absolute Gasteiger partial charge is 0.271 e. The first-order valence-corrected chi connectivity index (χ1v) is 10.1. The Balaban J connectivity index is 1.44. The minimum Gasteiger partial charge on any atom is -0.325 e. The van der Waals surface area contributed by atoms with E-state index in [2.05, 4.69) is 20.1 Å². The van der Waals surface area contributed by atoms with Crippen molar-refractivity contribution in [3.05, 3.63) is 51.9 Å². The quantitative estimate of drug-likeness (QED) is 0.365. The highest BCUT2D eigenvalue weighted by Crippen LogP contribution is 2.41. The third-order valence-electron chi connectivity index (χ3n) is 3.99. The Morgan fingerprint density at radius 1 is 1.33 bits per heavy atom. The molecule has 0 aliphatic heterocycles. The first-order chi connectivity index (χ1) is 13.1. The average Bonchev–Trinajstić information content (AvgIpc) is 3.18. The first-order valence-electron chi connectivity index (χ1n) is 8.27. The molecule has 1 aliphatic rings. The van der Waals surface area contributed by atoms with E-state index in [0.717, 1.165) is 28.7 Å². The van der Waals surface area contributed by atoms with Crippen LogP contribution in [0.2, 0.25) is 0 Å². The van der Waals surface area contributed by atoms with Gasteiger partial charge in [-0.2, -0.15) is 0 Å². The SMILES string of the molecule is O=C(CSc1nnc(-c2cccs2)n1C1CC1)Nc1cccc([N+](=O)[O-])c1. The second-order valence-corrected chi connectivity index (χ2v) is 7.92. The minimum absolute atomic E-state index is 0.0606. The molecule has 1 amide bonds. The zero-order valence-electron chi connectivity index (χ0n) is 14.1. The highest BCUT2D eigenvalue weighted by atomic mass is 32.2. The van der Waals surface area contributed by atoms with Crippen LogP contribution in [0.3, 0.4) is 0 Å². The van der Waals surface area contributed by atoms with Crippen molar-refractivity contribution < 1.29 is 9.72 Å². The molecule has 0 radical (unpaired) electrons. The van der Waals surface area contributed by atoms with Gasteiger partial charge in [-0.1, -0.05) is 23.9 Å². The van der Waals surface area contributed by atoms with Gasteiger partial charge >= 0.3 is 0 Å². The second kappa shape index (κ2) is 7.49. The number of rotatable bonds is 7. The summed E-state index contributed by atoms with van der Waals surface area (Å²) in [5.74, 6) is 0.746. The third kappa shape index (κ3) is 4.01. The summed E-state index contributed by atoms with van der Waals surface area (Å²) >= 11 is 2.93. The Bertz CT molecular complexity index is 982. The molecule has 0 spiro atoms. The highest BCUT2D eigenvalue weighted by Gasteiger charge is 2.30. The van der Waals surface area contributed by atoms with E-state index in [-0.39, 0.29) is 17.3 Å². The van der Waals surface area contributed by atoms with E-state index in [1.54, 1.807) is 17.4 Å². The largest absolute Gasteiger partial charge is 0.325 e. The lowest BCUT2D eigenvalue weighted by molar-refractivity contribution is -0.384. The summed E-state index contributed by atoms with van der Waals surface area (Å²) in [6, 6.07) is 10.3. The Hall–Kier alpha value is -2.72. The zero-order valence-corrected chi connectivity index (χ0v) is 15.7. The van der Waals surface area contributed by atoms with E-state index in [1.165, 1.54) is 30.0 Å². The number of nitro benzene ring substituents is 1. The molecule has 10 heteroatoms. The van der Waals surface area contributed by atoms with Gasteiger partial charge < -0.3 is 5.32 Å². The van der Waals surface area contributed by atoms with Crippen LogP contribution in [0.4, 0.5) is 11.4 Å². The van der Waals surface area contributed by atoms with Crippen molar-refractivity contribution in [2.75, 3.05) is 11.1 Å². The molecule has 1 aromatic carbocycles. The van der Waals surface area contributed by atoms with Crippen LogP contribution in [0.1, 0.15) is 18.9 Å². The number of anilines is 1. The van der Waals surface area contributed by atoms with Crippen molar-refractivity contribution in [1.29, 1.82) is 0 Å². The summed E-state index contributed by atoms with van der Waals surface area (Å²) in [5.41, 5.74) is 0.340. The van der Waals surface area contributed by atoms with Crippen LogP contribution in [0.25, 0.3) is 10.7 Å². The summed E-state index contributed by atoms with van der Waals surface area (Å²) in [5, 5.41) is 24.8. The van der Waals surface area contributed by atoms with Gasteiger partial charge in [0.15, 0.2) is 11.0 Å². The number of hydrogen-bond donors (Lipinski definition) is 1. The number of aromatic nitrogens is 3. The number of non-ortho nitro benzene ring substituents is 1. The van der Waals surface area contributed by atoms with Crippen LogP contribution in [-0.4, -0.2) is 31.3 Å². The molecule has 0 unspecified atom stereocenters. The number of nitrogens with one attached hydrogen (secondary N) is 1. The fourth-order valence-corrected chi connectivity index (χ4v) is 4.15. The number of nitro groups is 1. The van der Waals surface area contributed by atoms with E-state index in [1.807, 2.05) is 17.5 Å². The van der Waals surface area contributed by atoms with Crippen LogP contribution in [-0.2, 0) is 4.79 Å². The molecule has 1 fully saturated rings. The second-order valence-electron chi connectivity index (χ2n) is 6.03. The molecule has 2 aromatic heterocycles. The van der Waals surface area contributed by atoms with Gasteiger partial charge in [-0.3, -0.25) is 19.5 Å². The summed E-state index contributed by atoms with van der Waals surface area (Å²) in [6.45, 7) is 0. The van der Waals surface area contributed by atoms with Crippen LogP contribution >= 0.6 is 23.1 Å². The average molecular weight is 401 g/mol. The van der Waals surface area contributed by atoms with Gasteiger partial charge in [0, 0.05) is 23.9 Å². The molecule has 3 aromatic rings. The van der Waals surface area contributed by atoms with Crippen molar-refractivity contribution in [3.8, 4) is 10.7 Å². The number of amides is 1. The molecule has 27 heavy (non-hydrogen) atoms. The predicted octanol–water partition coefficient (Wildman–Crippen LogP) is 3.98. The van der Waals surface area contributed by atoms with Gasteiger partial charge in [0.25, 0.3) is 5.69 Å². The monoisotopic (exact) mass is 401 g/mol. The fraction of sp³-hybridized carbons (Fsp3) is 0.235. The maximum Gasteiger partial charge on any atom is 0.271 e. The van der Waals surface area contributed by atoms with E-state index < -0.39 is 4.92 Å². The van der Waals surface area contributed by atoms with Gasteiger partial charge in [0.1, 0.15) is 0 Å². The lowest BCUT2D eigenvalue weighted by Gasteiger charge is -2.08. The van der Waals surface area contributed by atoms with Crippen molar-refractivity contribution in [3.63, 3.8) is 0 Å². The molecule has 1 aliphatic carbocycles. The third-order valence-corrected chi connectivity index (χ3v) is 5.80. The molecule has 0 bridgehead atoms. The number of hydrogen-bond acceptors (Lipinski definition) is 7. The number of carbonyl (C=O) groups excluding carboxylic acids is 1. The summed E-state index contributed by atoms with van der Waals surface area (Å²) < 4.78 is 2.11. The van der Waals surface area contributed by atoms with Crippen molar-refractivity contribution in [1.82, 2.24) is 14.8 Å². The molecule has 8 nitrogen and oxygen atoms in total. The van der Waals surface area contributed by atoms with Crippen molar-refractivity contribution in [2.45, 2.75) is 24.0 Å². The molecule has 4 rings (SSSR count). The Kier molecular flexibility index (Phi) is 4.90. The Morgan fingerprint density at radius 2 is 2.19 bits per heavy atom. The molecule has 2 heterocycles.